The molecule has 2 heterocycles. The molecule has 1 amide bonds. The zero-order chi connectivity index (χ0) is 17.2. The molecular weight excluding hydrogens is 368 g/mol. The maximum Gasteiger partial charge on any atom is 0.243 e. The van der Waals surface area contributed by atoms with Crippen LogP contribution in [0, 0.1) is 12.8 Å². The fourth-order valence-electron chi connectivity index (χ4n) is 3.97. The third-order valence-electron chi connectivity index (χ3n) is 5.35. The molecule has 140 valence electrons. The lowest BCUT2D eigenvalue weighted by atomic mass is 9.85. The van der Waals surface area contributed by atoms with Gasteiger partial charge in [0.05, 0.1) is 6.04 Å². The highest BCUT2D eigenvalue weighted by Crippen LogP contribution is 2.33. The molecule has 5 nitrogen and oxygen atoms in total. The monoisotopic (exact) mass is 392 g/mol. The standard InChI is InChI=1S/C19H24N4OS.ClH/c1-12-6-8-13(9-7-12)10-17-22-23-19(25-17)21-18(24)16-11-14-4-2-3-5-15(14)20-16;/h6-9,14-16,20H,2-5,10-11H2,1H3,(H,21,23,24);1H. The number of aromatic nitrogens is 2. The highest BCUT2D eigenvalue weighted by Gasteiger charge is 2.38. The second-order valence-electron chi connectivity index (χ2n) is 7.26. The van der Waals surface area contributed by atoms with Crippen molar-refractivity contribution < 1.29 is 4.79 Å². The molecule has 2 aliphatic rings. The Kier molecular flexibility index (Phi) is 6.27. The van der Waals surface area contributed by atoms with E-state index in [2.05, 4.69) is 52.0 Å². The van der Waals surface area contributed by atoms with Gasteiger partial charge in [-0.25, -0.2) is 0 Å². The van der Waals surface area contributed by atoms with Gasteiger partial charge in [-0.3, -0.25) is 10.1 Å². The van der Waals surface area contributed by atoms with Crippen molar-refractivity contribution in [3.05, 3.63) is 40.4 Å². The molecule has 3 atom stereocenters. The van der Waals surface area contributed by atoms with Crippen LogP contribution in [-0.2, 0) is 11.2 Å². The predicted molar refractivity (Wildman–Crippen MR) is 107 cm³/mol. The number of fused-ring (bicyclic) bond motifs is 1. The zero-order valence-corrected chi connectivity index (χ0v) is 16.5. The number of benzene rings is 1. The van der Waals surface area contributed by atoms with Crippen molar-refractivity contribution in [1.29, 1.82) is 0 Å². The van der Waals surface area contributed by atoms with Gasteiger partial charge in [-0.05, 0) is 37.7 Å². The quantitative estimate of drug-likeness (QED) is 0.832. The molecule has 4 rings (SSSR count). The molecule has 26 heavy (non-hydrogen) atoms. The molecule has 1 aromatic carbocycles. The SMILES string of the molecule is Cc1ccc(Cc2nnc(NC(=O)C3CC4CCCCC4N3)s2)cc1.Cl. The van der Waals surface area contributed by atoms with Gasteiger partial charge >= 0.3 is 0 Å². The molecule has 1 saturated carbocycles. The number of amides is 1. The Morgan fingerprint density at radius 2 is 2.00 bits per heavy atom. The Labute approximate surface area is 164 Å². The van der Waals surface area contributed by atoms with Crippen molar-refractivity contribution in [2.24, 2.45) is 5.92 Å². The number of anilines is 1. The summed E-state index contributed by atoms with van der Waals surface area (Å²) in [6.45, 7) is 2.08. The molecule has 0 radical (unpaired) electrons. The van der Waals surface area contributed by atoms with Gasteiger partial charge in [0.15, 0.2) is 0 Å². The van der Waals surface area contributed by atoms with Gasteiger partial charge < -0.3 is 5.32 Å². The summed E-state index contributed by atoms with van der Waals surface area (Å²) < 4.78 is 0. The first-order valence-corrected chi connectivity index (χ1v) is 9.94. The van der Waals surface area contributed by atoms with Crippen LogP contribution in [0.5, 0.6) is 0 Å². The lowest BCUT2D eigenvalue weighted by molar-refractivity contribution is -0.117. The lowest BCUT2D eigenvalue weighted by Gasteiger charge is -2.24. The van der Waals surface area contributed by atoms with E-state index in [0.29, 0.717) is 17.1 Å². The van der Waals surface area contributed by atoms with Crippen LogP contribution < -0.4 is 10.6 Å². The molecule has 1 aromatic heterocycles. The highest BCUT2D eigenvalue weighted by atomic mass is 35.5. The number of hydrogen-bond donors (Lipinski definition) is 2. The Morgan fingerprint density at radius 1 is 1.23 bits per heavy atom. The van der Waals surface area contributed by atoms with Crippen molar-refractivity contribution in [3.63, 3.8) is 0 Å². The number of aryl methyl sites for hydroxylation is 1. The molecule has 0 spiro atoms. The van der Waals surface area contributed by atoms with Crippen LogP contribution in [0.1, 0.15) is 48.2 Å². The molecule has 1 aliphatic heterocycles. The third-order valence-corrected chi connectivity index (χ3v) is 6.19. The molecule has 2 aromatic rings. The van der Waals surface area contributed by atoms with E-state index in [1.165, 1.54) is 48.1 Å². The van der Waals surface area contributed by atoms with Crippen LogP contribution in [0.15, 0.2) is 24.3 Å². The molecular formula is C19H25ClN4OS. The first kappa shape index (κ1) is 19.3. The van der Waals surface area contributed by atoms with Gasteiger partial charge in [-0.15, -0.1) is 22.6 Å². The maximum absolute atomic E-state index is 12.5. The summed E-state index contributed by atoms with van der Waals surface area (Å²) in [5, 5.41) is 16.3. The van der Waals surface area contributed by atoms with Crippen molar-refractivity contribution in [3.8, 4) is 0 Å². The van der Waals surface area contributed by atoms with E-state index in [1.54, 1.807) is 0 Å². The molecule has 1 aliphatic carbocycles. The minimum Gasteiger partial charge on any atom is -0.303 e. The van der Waals surface area contributed by atoms with E-state index in [1.807, 2.05) is 0 Å². The van der Waals surface area contributed by atoms with Crippen LogP contribution in [-0.4, -0.2) is 28.2 Å². The van der Waals surface area contributed by atoms with Gasteiger partial charge in [-0.1, -0.05) is 54.0 Å². The van der Waals surface area contributed by atoms with E-state index in [4.69, 9.17) is 0 Å². The fourth-order valence-corrected chi connectivity index (χ4v) is 4.75. The minimum absolute atomic E-state index is 0. The van der Waals surface area contributed by atoms with E-state index in [9.17, 15) is 4.79 Å². The average molecular weight is 393 g/mol. The van der Waals surface area contributed by atoms with Gasteiger partial charge in [-0.2, -0.15) is 0 Å². The average Bonchev–Trinajstić information content (AvgIpc) is 3.23. The molecule has 1 saturated heterocycles. The van der Waals surface area contributed by atoms with E-state index in [0.717, 1.165) is 17.8 Å². The lowest BCUT2D eigenvalue weighted by Crippen LogP contribution is -2.39. The molecule has 2 fully saturated rings. The summed E-state index contributed by atoms with van der Waals surface area (Å²) in [5.74, 6) is 0.698. The van der Waals surface area contributed by atoms with Crippen LogP contribution >= 0.6 is 23.7 Å². The Balaban J connectivity index is 0.00000196. The summed E-state index contributed by atoms with van der Waals surface area (Å²) in [6.07, 6.45) is 6.73. The second kappa shape index (κ2) is 8.46. The molecule has 0 bridgehead atoms. The first-order valence-electron chi connectivity index (χ1n) is 9.12. The Bertz CT molecular complexity index is 734. The largest absolute Gasteiger partial charge is 0.303 e. The van der Waals surface area contributed by atoms with Crippen LogP contribution in [0.4, 0.5) is 5.13 Å². The smallest absolute Gasteiger partial charge is 0.243 e. The highest BCUT2D eigenvalue weighted by molar-refractivity contribution is 7.15. The number of halogens is 1. The van der Waals surface area contributed by atoms with Crippen LogP contribution in [0.3, 0.4) is 0 Å². The summed E-state index contributed by atoms with van der Waals surface area (Å²) in [5.41, 5.74) is 2.46. The first-order chi connectivity index (χ1) is 12.2. The normalized spacial score (nSPS) is 24.6. The van der Waals surface area contributed by atoms with Crippen molar-refractivity contribution in [1.82, 2.24) is 15.5 Å². The maximum atomic E-state index is 12.5. The second-order valence-corrected chi connectivity index (χ2v) is 8.32. The zero-order valence-electron chi connectivity index (χ0n) is 14.9. The van der Waals surface area contributed by atoms with Crippen molar-refractivity contribution in [2.75, 3.05) is 5.32 Å². The molecule has 7 heteroatoms. The number of hydrogen-bond acceptors (Lipinski definition) is 5. The summed E-state index contributed by atoms with van der Waals surface area (Å²) in [7, 11) is 0. The minimum atomic E-state index is -0.0856. The van der Waals surface area contributed by atoms with E-state index in [-0.39, 0.29) is 24.4 Å². The topological polar surface area (TPSA) is 66.9 Å². The number of nitrogens with one attached hydrogen (secondary N) is 2. The fraction of sp³-hybridized carbons (Fsp3) is 0.526. The van der Waals surface area contributed by atoms with Gasteiger partial charge in [0, 0.05) is 12.5 Å². The number of carbonyl (C=O) groups excluding carboxylic acids is 1. The molecule has 2 N–H and O–H groups in total. The Morgan fingerprint density at radius 3 is 2.77 bits per heavy atom. The van der Waals surface area contributed by atoms with Crippen molar-refractivity contribution in [2.45, 2.75) is 57.5 Å². The van der Waals surface area contributed by atoms with Gasteiger partial charge in [0.25, 0.3) is 0 Å². The number of rotatable bonds is 4. The van der Waals surface area contributed by atoms with Gasteiger partial charge in [0.2, 0.25) is 11.0 Å². The van der Waals surface area contributed by atoms with Crippen molar-refractivity contribution >= 4 is 34.8 Å². The summed E-state index contributed by atoms with van der Waals surface area (Å²) in [6, 6.07) is 8.86. The van der Waals surface area contributed by atoms with E-state index < -0.39 is 0 Å². The summed E-state index contributed by atoms with van der Waals surface area (Å²) in [4.78, 5) is 12.5. The number of nitrogens with zero attached hydrogens (tertiary/aromatic N) is 2. The van der Waals surface area contributed by atoms with Crippen LogP contribution in [0.25, 0.3) is 0 Å². The Hall–Kier alpha value is -1.50. The van der Waals surface area contributed by atoms with Crippen LogP contribution in [0.2, 0.25) is 0 Å². The summed E-state index contributed by atoms with van der Waals surface area (Å²) >= 11 is 1.46. The predicted octanol–water partition coefficient (Wildman–Crippen LogP) is 3.72. The molecule has 3 unspecified atom stereocenters. The van der Waals surface area contributed by atoms with E-state index >= 15 is 0 Å². The number of carbonyl (C=O) groups is 1. The third kappa shape index (κ3) is 4.42. The van der Waals surface area contributed by atoms with Gasteiger partial charge in [0.1, 0.15) is 5.01 Å².